The van der Waals surface area contributed by atoms with E-state index in [1.54, 1.807) is 0 Å². The Balaban J connectivity index is 1.67. The van der Waals surface area contributed by atoms with Gasteiger partial charge in [0.05, 0.1) is 20.3 Å². The van der Waals surface area contributed by atoms with Crippen molar-refractivity contribution in [3.05, 3.63) is 34.5 Å². The Labute approximate surface area is 257 Å². The quantitative estimate of drug-likeness (QED) is 0.107. The maximum Gasteiger partial charge on any atom is 0.239 e. The van der Waals surface area contributed by atoms with E-state index in [4.69, 9.17) is 28.1 Å². The number of hydrogen-bond acceptors (Lipinski definition) is 18. The van der Waals surface area contributed by atoms with Crippen molar-refractivity contribution in [1.29, 1.82) is 0 Å². The van der Waals surface area contributed by atoms with Gasteiger partial charge in [-0.15, -0.1) is 0 Å². The second kappa shape index (κ2) is 13.0. The van der Waals surface area contributed by atoms with Gasteiger partial charge in [0.2, 0.25) is 29.5 Å². The average molecular weight is 657 g/mol. The summed E-state index contributed by atoms with van der Waals surface area (Å²) in [7, 11) is 1.12. The molecule has 1 aromatic heterocycles. The summed E-state index contributed by atoms with van der Waals surface area (Å²) in [5, 5.41) is 111. The van der Waals surface area contributed by atoms with E-state index in [9.17, 15) is 61.0 Å². The molecule has 2 aliphatic rings. The molecule has 18 nitrogen and oxygen atoms in total. The predicted molar refractivity (Wildman–Crippen MR) is 148 cm³/mol. The molecule has 18 heteroatoms. The Hall–Kier alpha value is -3.95. The average Bonchev–Trinajstić information content (AvgIpc) is 3.03. The first-order chi connectivity index (χ1) is 21.8. The fourth-order valence-corrected chi connectivity index (χ4v) is 5.10. The van der Waals surface area contributed by atoms with Crippen LogP contribution in [-0.2, 0) is 9.47 Å². The van der Waals surface area contributed by atoms with Crippen LogP contribution in [0.15, 0.2) is 33.5 Å². The van der Waals surface area contributed by atoms with Crippen LogP contribution in [0, 0.1) is 0 Å². The minimum absolute atomic E-state index is 0.115. The van der Waals surface area contributed by atoms with Crippen LogP contribution in [0.25, 0.3) is 22.3 Å². The van der Waals surface area contributed by atoms with E-state index in [1.165, 1.54) is 6.07 Å². The zero-order valence-electron chi connectivity index (χ0n) is 23.8. The van der Waals surface area contributed by atoms with Crippen molar-refractivity contribution in [2.24, 2.45) is 0 Å². The van der Waals surface area contributed by atoms with Crippen molar-refractivity contribution in [1.82, 2.24) is 0 Å². The molecule has 0 amide bonds. The van der Waals surface area contributed by atoms with E-state index in [1.807, 2.05) is 0 Å². The first-order valence-electron chi connectivity index (χ1n) is 13.7. The van der Waals surface area contributed by atoms with Crippen LogP contribution in [0.3, 0.4) is 0 Å². The highest BCUT2D eigenvalue weighted by molar-refractivity contribution is 5.93. The molecule has 5 rings (SSSR count). The van der Waals surface area contributed by atoms with Gasteiger partial charge in [0, 0.05) is 11.6 Å². The minimum Gasteiger partial charge on any atom is -0.507 e. The fraction of sp³-hybridized carbons (Fsp3) is 0.464. The van der Waals surface area contributed by atoms with Crippen molar-refractivity contribution in [3.8, 4) is 45.8 Å². The van der Waals surface area contributed by atoms with Crippen LogP contribution in [-0.4, -0.2) is 138 Å². The van der Waals surface area contributed by atoms with Crippen LogP contribution in [0.2, 0.25) is 0 Å². The van der Waals surface area contributed by atoms with Crippen LogP contribution >= 0.6 is 0 Å². The highest BCUT2D eigenvalue weighted by Crippen LogP contribution is 2.45. The minimum atomic E-state index is -1.97. The van der Waals surface area contributed by atoms with Gasteiger partial charge >= 0.3 is 0 Å². The van der Waals surface area contributed by atoms with Crippen molar-refractivity contribution >= 4 is 11.0 Å². The molecule has 0 spiro atoms. The van der Waals surface area contributed by atoms with Gasteiger partial charge in [-0.25, -0.2) is 0 Å². The van der Waals surface area contributed by atoms with Crippen LogP contribution < -0.4 is 19.6 Å². The van der Waals surface area contributed by atoms with E-state index in [0.29, 0.717) is 0 Å². The molecule has 0 aliphatic carbocycles. The number of rotatable bonds is 8. The van der Waals surface area contributed by atoms with Crippen molar-refractivity contribution in [2.75, 3.05) is 20.3 Å². The normalized spacial score (nSPS) is 31.5. The molecular formula is C28H32O18. The standard InChI is InChI=1S/C28H32O18/c1-41-24-12(42-27-21(39)19(37)16(34)13(6-29)43-27)5-11(33)15-18(36)26(46-28-22(40)20(38)17(35)14(7-30)44-28)23(45-25(15)24)8-2-3-9(31)10(32)4-8/h2-5,13-14,16-17,19-22,27-35,37-40H,6-7H2,1H3/t13?,14?,16-,17-,19+,20?,21?,22?,27-,28+/m1/s1. The van der Waals surface area contributed by atoms with E-state index in [0.717, 1.165) is 25.3 Å². The van der Waals surface area contributed by atoms with Gasteiger partial charge in [-0.05, 0) is 18.2 Å². The summed E-state index contributed by atoms with van der Waals surface area (Å²) in [6.07, 6.45) is -17.4. The lowest BCUT2D eigenvalue weighted by Gasteiger charge is -2.39. The number of phenols is 3. The number of aliphatic hydroxyl groups is 8. The third-order valence-corrected chi connectivity index (χ3v) is 7.64. The highest BCUT2D eigenvalue weighted by Gasteiger charge is 2.47. The van der Waals surface area contributed by atoms with E-state index < -0.39 is 126 Å². The molecule has 252 valence electrons. The largest absolute Gasteiger partial charge is 0.507 e. The molecule has 0 bridgehead atoms. The topological polar surface area (TPSA) is 299 Å². The molecule has 2 aliphatic heterocycles. The summed E-state index contributed by atoms with van der Waals surface area (Å²) in [6, 6.07) is 4.07. The van der Waals surface area contributed by atoms with Gasteiger partial charge < -0.3 is 84.3 Å². The molecule has 0 radical (unpaired) electrons. The second-order valence-electron chi connectivity index (χ2n) is 10.6. The molecular weight excluding hydrogens is 624 g/mol. The first kappa shape index (κ1) is 33.4. The Morgan fingerprint density at radius 3 is 1.78 bits per heavy atom. The molecule has 46 heavy (non-hydrogen) atoms. The van der Waals surface area contributed by atoms with Gasteiger partial charge in [0.25, 0.3) is 0 Å². The maximum atomic E-state index is 14.0. The number of aliphatic hydroxyl groups excluding tert-OH is 8. The van der Waals surface area contributed by atoms with E-state index in [-0.39, 0.29) is 11.3 Å². The van der Waals surface area contributed by atoms with Gasteiger partial charge in [-0.2, -0.15) is 0 Å². The summed E-state index contributed by atoms with van der Waals surface area (Å²) < 4.78 is 33.3. The summed E-state index contributed by atoms with van der Waals surface area (Å²) in [4.78, 5) is 14.0. The lowest BCUT2D eigenvalue weighted by molar-refractivity contribution is -0.277. The Bertz CT molecular complexity index is 1620. The Morgan fingerprint density at radius 1 is 0.696 bits per heavy atom. The Kier molecular flexibility index (Phi) is 9.47. The number of phenolic OH excluding ortho intramolecular Hbond substituents is 3. The number of aromatic hydroxyl groups is 3. The molecule has 11 N–H and O–H groups in total. The van der Waals surface area contributed by atoms with Crippen molar-refractivity contribution < 1.29 is 84.3 Å². The Morgan fingerprint density at radius 2 is 1.26 bits per heavy atom. The van der Waals surface area contributed by atoms with Crippen LogP contribution in [0.4, 0.5) is 0 Å². The smallest absolute Gasteiger partial charge is 0.239 e. The number of fused-ring (bicyclic) bond motifs is 1. The third-order valence-electron chi connectivity index (χ3n) is 7.64. The summed E-state index contributed by atoms with van der Waals surface area (Å²) in [5.74, 6) is -4.09. The lowest BCUT2D eigenvalue weighted by atomic mass is 9.99. The highest BCUT2D eigenvalue weighted by atomic mass is 16.7. The molecule has 2 fully saturated rings. The number of ether oxygens (including phenoxy) is 5. The SMILES string of the molecule is COc1c(O[C@@H]2OC(CO)[C@@H](O)[C@H](O)C2O)cc(O)c2c(=O)c(O[C@@H]3OC(CO)[C@@H](O)C(O)C3O)c(-c3ccc(O)c(O)c3)oc12. The number of hydrogen-bond donors (Lipinski definition) is 11. The molecule has 10 atom stereocenters. The van der Waals surface area contributed by atoms with Gasteiger partial charge in [0.1, 0.15) is 60.0 Å². The third kappa shape index (κ3) is 5.75. The maximum absolute atomic E-state index is 14.0. The zero-order chi connectivity index (χ0) is 33.6. The predicted octanol–water partition coefficient (Wildman–Crippen LogP) is -3.06. The van der Waals surface area contributed by atoms with E-state index >= 15 is 0 Å². The summed E-state index contributed by atoms with van der Waals surface area (Å²) >= 11 is 0. The number of methoxy groups -OCH3 is 1. The van der Waals surface area contributed by atoms with Crippen LogP contribution in [0.5, 0.6) is 34.5 Å². The first-order valence-corrected chi connectivity index (χ1v) is 13.7. The molecule has 3 heterocycles. The van der Waals surface area contributed by atoms with E-state index in [2.05, 4.69) is 0 Å². The second-order valence-corrected chi connectivity index (χ2v) is 10.6. The number of benzene rings is 2. The lowest BCUT2D eigenvalue weighted by Crippen LogP contribution is -2.60. The summed E-state index contributed by atoms with van der Waals surface area (Å²) in [5.41, 5.74) is -1.75. The fourth-order valence-electron chi connectivity index (χ4n) is 5.10. The van der Waals surface area contributed by atoms with Gasteiger partial charge in [-0.1, -0.05) is 0 Å². The van der Waals surface area contributed by atoms with Crippen molar-refractivity contribution in [2.45, 2.75) is 61.4 Å². The molecule has 5 unspecified atom stereocenters. The van der Waals surface area contributed by atoms with Gasteiger partial charge in [0.15, 0.2) is 28.6 Å². The molecule has 2 aromatic carbocycles. The van der Waals surface area contributed by atoms with Gasteiger partial charge in [-0.3, -0.25) is 4.79 Å². The summed E-state index contributed by atoms with van der Waals surface area (Å²) in [6.45, 7) is -1.58. The van der Waals surface area contributed by atoms with Crippen LogP contribution in [0.1, 0.15) is 0 Å². The monoisotopic (exact) mass is 656 g/mol. The molecule has 3 aromatic rings. The zero-order valence-corrected chi connectivity index (χ0v) is 23.8. The molecule has 2 saturated heterocycles. The van der Waals surface area contributed by atoms with Crippen molar-refractivity contribution in [3.63, 3.8) is 0 Å². The molecule has 0 saturated carbocycles.